The molecule has 1 atom stereocenters. The molecule has 1 aromatic rings. The van der Waals surface area contributed by atoms with Crippen LogP contribution in [0.15, 0.2) is 15.9 Å². The Labute approximate surface area is 68.6 Å². The maximum Gasteiger partial charge on any atom is 0.100 e. The predicted octanol–water partition coefficient (Wildman–Crippen LogP) is 2.31. The number of aromatic nitrogens is 1. The van der Waals surface area contributed by atoms with Gasteiger partial charge in [0.1, 0.15) is 6.04 Å². The van der Waals surface area contributed by atoms with E-state index in [0.29, 0.717) is 0 Å². The lowest BCUT2D eigenvalue weighted by atomic mass is 10.3. The van der Waals surface area contributed by atoms with E-state index in [1.807, 2.05) is 12.3 Å². The molecular weight excluding hydrogens is 164 g/mol. The van der Waals surface area contributed by atoms with E-state index in [1.165, 1.54) is 0 Å². The van der Waals surface area contributed by atoms with Gasteiger partial charge in [-0.05, 0) is 19.1 Å². The highest BCUT2D eigenvalue weighted by atomic mass is 32.1. The van der Waals surface area contributed by atoms with Gasteiger partial charge in [0, 0.05) is 5.38 Å². The van der Waals surface area contributed by atoms with Crippen LogP contribution in [0.2, 0.25) is 0 Å². The molecule has 1 aromatic heterocycles. The lowest BCUT2D eigenvalue weighted by molar-refractivity contribution is 0.798. The molecule has 1 heterocycles. The quantitative estimate of drug-likeness (QED) is 0.502. The largest absolute Gasteiger partial charge is 0.247 e. The fourth-order valence-electron chi connectivity index (χ4n) is 0.573. The highest BCUT2D eigenvalue weighted by Crippen LogP contribution is 2.14. The van der Waals surface area contributed by atoms with Gasteiger partial charge >= 0.3 is 0 Å². The maximum absolute atomic E-state index is 4.46. The van der Waals surface area contributed by atoms with Crippen LogP contribution in [0.5, 0.6) is 0 Å². The molecule has 0 aliphatic rings. The Balaban J connectivity index is 2.76. The number of rotatable bonds is 2. The van der Waals surface area contributed by atoms with Gasteiger partial charge in [-0.25, -0.2) is 9.98 Å². The first-order valence-corrected chi connectivity index (χ1v) is 4.14. The first-order chi connectivity index (χ1) is 4.84. The molecule has 0 saturated carbocycles. The van der Waals surface area contributed by atoms with Crippen LogP contribution in [0.3, 0.4) is 0 Å². The smallest absolute Gasteiger partial charge is 0.100 e. The van der Waals surface area contributed by atoms with E-state index in [2.05, 4.69) is 27.4 Å². The van der Waals surface area contributed by atoms with Gasteiger partial charge in [0.15, 0.2) is 0 Å². The molecule has 0 N–H and O–H groups in total. The van der Waals surface area contributed by atoms with Crippen molar-refractivity contribution in [3.05, 3.63) is 16.6 Å². The monoisotopic (exact) mass is 170 g/mol. The first-order valence-electron chi connectivity index (χ1n) is 2.79. The molecule has 1 rings (SSSR count). The highest BCUT2D eigenvalue weighted by molar-refractivity contribution is 7.78. The number of thiocarbonyl (C=S) groups is 1. The zero-order chi connectivity index (χ0) is 7.40. The van der Waals surface area contributed by atoms with E-state index < -0.39 is 0 Å². The second-order valence-corrected chi connectivity index (χ2v) is 2.71. The average molecular weight is 170 g/mol. The summed E-state index contributed by atoms with van der Waals surface area (Å²) in [5.74, 6) is 0. The number of aliphatic imine (C=N–C) groups is 1. The number of hydrogen-bond acceptors (Lipinski definition) is 4. The van der Waals surface area contributed by atoms with E-state index in [0.717, 1.165) is 5.69 Å². The summed E-state index contributed by atoms with van der Waals surface area (Å²) in [6.45, 7) is 1.94. The SMILES string of the molecule is C[C@H](N=C=S)c1cscn1. The van der Waals surface area contributed by atoms with Crippen molar-refractivity contribution in [1.82, 2.24) is 4.98 Å². The molecular formula is C6H6N2S2. The van der Waals surface area contributed by atoms with Crippen LogP contribution in [-0.4, -0.2) is 10.1 Å². The van der Waals surface area contributed by atoms with Crippen molar-refractivity contribution < 1.29 is 0 Å². The third-order valence-corrected chi connectivity index (χ3v) is 1.84. The minimum Gasteiger partial charge on any atom is -0.247 e. The van der Waals surface area contributed by atoms with Gasteiger partial charge in [0.25, 0.3) is 0 Å². The van der Waals surface area contributed by atoms with E-state index in [9.17, 15) is 0 Å². The fraction of sp³-hybridized carbons (Fsp3) is 0.333. The Morgan fingerprint density at radius 3 is 3.20 bits per heavy atom. The molecule has 0 radical (unpaired) electrons. The Morgan fingerprint density at radius 2 is 2.70 bits per heavy atom. The Kier molecular flexibility index (Phi) is 2.68. The second kappa shape index (κ2) is 3.56. The van der Waals surface area contributed by atoms with Crippen LogP contribution >= 0.6 is 23.6 Å². The summed E-state index contributed by atoms with van der Waals surface area (Å²) < 4.78 is 0. The third kappa shape index (κ3) is 1.70. The van der Waals surface area contributed by atoms with Gasteiger partial charge in [0.05, 0.1) is 16.4 Å². The minimum absolute atomic E-state index is 0.0590. The van der Waals surface area contributed by atoms with Crippen molar-refractivity contribution in [3.63, 3.8) is 0 Å². The second-order valence-electron chi connectivity index (χ2n) is 1.81. The zero-order valence-electron chi connectivity index (χ0n) is 5.44. The van der Waals surface area contributed by atoms with Gasteiger partial charge in [-0.15, -0.1) is 11.3 Å². The van der Waals surface area contributed by atoms with Gasteiger partial charge in [0.2, 0.25) is 0 Å². The molecule has 0 aromatic carbocycles. The van der Waals surface area contributed by atoms with Crippen LogP contribution in [0.25, 0.3) is 0 Å². The lowest BCUT2D eigenvalue weighted by Gasteiger charge is -1.95. The Hall–Kier alpha value is -0.570. The normalized spacial score (nSPS) is 12.1. The lowest BCUT2D eigenvalue weighted by Crippen LogP contribution is -1.86. The van der Waals surface area contributed by atoms with Gasteiger partial charge in [-0.1, -0.05) is 0 Å². The van der Waals surface area contributed by atoms with E-state index in [1.54, 1.807) is 16.8 Å². The van der Waals surface area contributed by atoms with Crippen molar-refractivity contribution in [2.75, 3.05) is 0 Å². The Morgan fingerprint density at radius 1 is 1.90 bits per heavy atom. The van der Waals surface area contributed by atoms with Crippen LogP contribution in [0.1, 0.15) is 18.7 Å². The van der Waals surface area contributed by atoms with Gasteiger partial charge < -0.3 is 0 Å². The fourth-order valence-corrected chi connectivity index (χ4v) is 1.37. The molecule has 0 spiro atoms. The average Bonchev–Trinajstić information content (AvgIpc) is 2.38. The molecule has 10 heavy (non-hydrogen) atoms. The summed E-state index contributed by atoms with van der Waals surface area (Å²) in [5, 5.41) is 4.29. The highest BCUT2D eigenvalue weighted by Gasteiger charge is 2.02. The summed E-state index contributed by atoms with van der Waals surface area (Å²) >= 11 is 6.02. The van der Waals surface area contributed by atoms with Crippen LogP contribution in [-0.2, 0) is 0 Å². The summed E-state index contributed by atoms with van der Waals surface area (Å²) in [4.78, 5) is 7.95. The van der Waals surface area contributed by atoms with E-state index in [-0.39, 0.29) is 6.04 Å². The topological polar surface area (TPSA) is 25.2 Å². The zero-order valence-corrected chi connectivity index (χ0v) is 7.08. The van der Waals surface area contributed by atoms with Crippen LogP contribution in [0, 0.1) is 0 Å². The molecule has 0 amide bonds. The number of nitrogens with zero attached hydrogens (tertiary/aromatic N) is 2. The van der Waals surface area contributed by atoms with E-state index >= 15 is 0 Å². The molecule has 0 unspecified atom stereocenters. The molecule has 2 nitrogen and oxygen atoms in total. The van der Waals surface area contributed by atoms with Crippen molar-refractivity contribution in [2.45, 2.75) is 13.0 Å². The van der Waals surface area contributed by atoms with Gasteiger partial charge in [-0.2, -0.15) is 0 Å². The molecule has 0 aliphatic heterocycles. The molecule has 0 aliphatic carbocycles. The molecule has 4 heteroatoms. The first kappa shape index (κ1) is 7.54. The van der Waals surface area contributed by atoms with Crippen molar-refractivity contribution >= 4 is 28.7 Å². The Bertz CT molecular complexity index is 236. The number of thiazole rings is 1. The summed E-state index contributed by atoms with van der Waals surface area (Å²) in [6, 6.07) is 0.0590. The molecule has 0 bridgehead atoms. The van der Waals surface area contributed by atoms with Gasteiger partial charge in [-0.3, -0.25) is 0 Å². The van der Waals surface area contributed by atoms with Crippen molar-refractivity contribution in [3.8, 4) is 0 Å². The summed E-state index contributed by atoms with van der Waals surface area (Å²) in [5.41, 5.74) is 2.74. The number of isothiocyanates is 1. The standard InChI is InChI=1S/C6H6N2S2/c1-5(7-3-9)6-2-10-4-8-6/h2,4-5H,1H3/t5-/m0/s1. The van der Waals surface area contributed by atoms with E-state index in [4.69, 9.17) is 0 Å². The summed E-state index contributed by atoms with van der Waals surface area (Å²) in [6.07, 6.45) is 0. The maximum atomic E-state index is 4.46. The van der Waals surface area contributed by atoms with Crippen molar-refractivity contribution in [2.24, 2.45) is 4.99 Å². The van der Waals surface area contributed by atoms with Crippen LogP contribution in [0.4, 0.5) is 0 Å². The molecule has 52 valence electrons. The molecule has 0 saturated heterocycles. The summed E-state index contributed by atoms with van der Waals surface area (Å²) in [7, 11) is 0. The van der Waals surface area contributed by atoms with Crippen LogP contribution < -0.4 is 0 Å². The molecule has 0 fully saturated rings. The number of hydrogen-bond donors (Lipinski definition) is 0. The van der Waals surface area contributed by atoms with Crippen molar-refractivity contribution in [1.29, 1.82) is 0 Å². The third-order valence-electron chi connectivity index (χ3n) is 1.13. The predicted molar refractivity (Wildman–Crippen MR) is 45.6 cm³/mol. The minimum atomic E-state index is 0.0590.